The highest BCUT2D eigenvalue weighted by Gasteiger charge is 2.17. The molecule has 22 heavy (non-hydrogen) atoms. The van der Waals surface area contributed by atoms with Crippen LogP contribution in [0.15, 0.2) is 60.7 Å². The summed E-state index contributed by atoms with van der Waals surface area (Å²) >= 11 is 14.6. The SMILES string of the molecule is OP(=S)(c1ccccc1)c1ccccc1.S=PP=S=S=S=S. The Kier molecular flexibility index (Phi) is 11.5. The minimum Gasteiger partial charge on any atom is -0.358 e. The smallest absolute Gasteiger partial charge is 0.120 e. The van der Waals surface area contributed by atoms with Gasteiger partial charge < -0.3 is 4.89 Å². The van der Waals surface area contributed by atoms with Crippen molar-refractivity contribution in [3.05, 3.63) is 60.7 Å². The summed E-state index contributed by atoms with van der Waals surface area (Å²) in [5, 5.41) is 1.68. The monoisotopic (exact) mass is 456 g/mol. The summed E-state index contributed by atoms with van der Waals surface area (Å²) in [6, 6.07) is 19.0. The third-order valence-corrected chi connectivity index (χ3v) is 15.6. The van der Waals surface area contributed by atoms with Crippen LogP contribution in [-0.2, 0) is 62.1 Å². The molecule has 0 aromatic heterocycles. The van der Waals surface area contributed by atoms with E-state index in [1.165, 1.54) is 15.9 Å². The lowest BCUT2D eigenvalue weighted by molar-refractivity contribution is 0.642. The van der Waals surface area contributed by atoms with Crippen LogP contribution in [0.5, 0.6) is 0 Å². The van der Waals surface area contributed by atoms with Crippen LogP contribution in [0.4, 0.5) is 0 Å². The fourth-order valence-corrected chi connectivity index (χ4v) is 13.2. The van der Waals surface area contributed by atoms with Crippen molar-refractivity contribution < 1.29 is 4.89 Å². The average Bonchev–Trinajstić information content (AvgIpc) is 2.58. The zero-order chi connectivity index (χ0) is 16.3. The molecule has 0 aliphatic carbocycles. The van der Waals surface area contributed by atoms with E-state index in [0.29, 0.717) is 0 Å². The summed E-state index contributed by atoms with van der Waals surface area (Å²) in [5.74, 6) is 0. The van der Waals surface area contributed by atoms with Gasteiger partial charge in [0.1, 0.15) is 6.26 Å². The molecule has 0 aliphatic heterocycles. The molecule has 2 rings (SSSR count). The highest BCUT2D eigenvalue weighted by Crippen LogP contribution is 2.37. The zero-order valence-electron chi connectivity index (χ0n) is 11.0. The van der Waals surface area contributed by atoms with E-state index >= 15 is 0 Å². The zero-order valence-corrected chi connectivity index (χ0v) is 18.6. The molecule has 2 aromatic carbocycles. The second-order valence-corrected chi connectivity index (χ2v) is 17.1. The Hall–Kier alpha value is 0.750. The first-order chi connectivity index (χ1) is 10.6. The molecule has 116 valence electrons. The Morgan fingerprint density at radius 3 is 1.73 bits per heavy atom. The molecular formula is C12H11OP3S6. The fourth-order valence-electron chi connectivity index (χ4n) is 1.45. The van der Waals surface area contributed by atoms with Gasteiger partial charge in [0, 0.05) is 24.7 Å². The van der Waals surface area contributed by atoms with E-state index in [1.54, 1.807) is 18.4 Å². The lowest BCUT2D eigenvalue weighted by Crippen LogP contribution is -2.14. The molecule has 0 saturated heterocycles. The summed E-state index contributed by atoms with van der Waals surface area (Å²) < 4.78 is 0. The lowest BCUT2D eigenvalue weighted by Gasteiger charge is -2.15. The van der Waals surface area contributed by atoms with E-state index in [2.05, 4.69) is 23.0 Å². The van der Waals surface area contributed by atoms with Crippen molar-refractivity contribution in [3.63, 3.8) is 0 Å². The minimum absolute atomic E-state index is 0.839. The topological polar surface area (TPSA) is 20.2 Å². The molecule has 1 nitrogen and oxygen atoms in total. The van der Waals surface area contributed by atoms with E-state index in [-0.39, 0.29) is 0 Å². The molecule has 0 fully saturated rings. The van der Waals surface area contributed by atoms with Gasteiger partial charge in [0.2, 0.25) is 0 Å². The highest BCUT2D eigenvalue weighted by molar-refractivity contribution is 8.63. The van der Waals surface area contributed by atoms with Gasteiger partial charge in [-0.25, -0.2) is 0 Å². The van der Waals surface area contributed by atoms with Crippen LogP contribution in [-0.4, -0.2) is 4.89 Å². The Balaban J connectivity index is 0.000000295. The van der Waals surface area contributed by atoms with E-state index in [1.807, 2.05) is 60.7 Å². The van der Waals surface area contributed by atoms with Crippen molar-refractivity contribution in [2.45, 2.75) is 0 Å². The largest absolute Gasteiger partial charge is 0.358 e. The first kappa shape index (κ1) is 20.8. The maximum absolute atomic E-state index is 10.4. The second-order valence-electron chi connectivity index (χ2n) is 3.62. The normalized spacial score (nSPS) is 10.4. The van der Waals surface area contributed by atoms with E-state index in [9.17, 15) is 4.89 Å². The Labute approximate surface area is 157 Å². The van der Waals surface area contributed by atoms with Crippen LogP contribution in [0.3, 0.4) is 0 Å². The first-order valence-electron chi connectivity index (χ1n) is 5.72. The van der Waals surface area contributed by atoms with Crippen LogP contribution < -0.4 is 10.6 Å². The van der Waals surface area contributed by atoms with Crippen LogP contribution in [0.1, 0.15) is 0 Å². The van der Waals surface area contributed by atoms with Crippen LogP contribution in [0, 0.1) is 0 Å². The van der Waals surface area contributed by atoms with Gasteiger partial charge in [-0.1, -0.05) is 72.5 Å². The Morgan fingerprint density at radius 1 is 0.909 bits per heavy atom. The minimum atomic E-state index is -2.56. The molecule has 0 bridgehead atoms. The molecule has 0 atom stereocenters. The van der Waals surface area contributed by atoms with Crippen molar-refractivity contribution in [1.29, 1.82) is 0 Å². The predicted octanol–water partition coefficient (Wildman–Crippen LogP) is 3.73. The molecule has 2 aromatic rings. The van der Waals surface area contributed by atoms with Crippen molar-refractivity contribution in [3.8, 4) is 0 Å². The van der Waals surface area contributed by atoms with Gasteiger partial charge in [-0.05, 0) is 50.3 Å². The average molecular weight is 457 g/mol. The van der Waals surface area contributed by atoms with Gasteiger partial charge in [-0.2, -0.15) is 0 Å². The van der Waals surface area contributed by atoms with Gasteiger partial charge >= 0.3 is 0 Å². The molecule has 0 saturated carbocycles. The molecule has 10 heteroatoms. The molecule has 0 unspecified atom stereocenters. The quantitative estimate of drug-likeness (QED) is 0.710. The van der Waals surface area contributed by atoms with Crippen molar-refractivity contribution in [1.82, 2.24) is 0 Å². The summed E-state index contributed by atoms with van der Waals surface area (Å²) in [6.07, 6.45) is -2.56. The van der Waals surface area contributed by atoms with Crippen molar-refractivity contribution in [2.75, 3.05) is 0 Å². The maximum atomic E-state index is 10.4. The number of benzene rings is 2. The van der Waals surface area contributed by atoms with E-state index in [4.69, 9.17) is 11.8 Å². The van der Waals surface area contributed by atoms with Crippen LogP contribution in [0.2, 0.25) is 0 Å². The first-order valence-corrected chi connectivity index (χ1v) is 17.0. The van der Waals surface area contributed by atoms with Gasteiger partial charge in [-0.3, -0.25) is 0 Å². The van der Waals surface area contributed by atoms with E-state index in [0.717, 1.165) is 17.7 Å². The summed E-state index contributed by atoms with van der Waals surface area (Å²) in [6.45, 7) is 0. The number of rotatable bonds is 3. The Morgan fingerprint density at radius 2 is 1.36 bits per heavy atom. The van der Waals surface area contributed by atoms with Gasteiger partial charge in [-0.15, -0.1) is 0 Å². The Bertz CT molecular complexity index is 736. The predicted molar refractivity (Wildman–Crippen MR) is 119 cm³/mol. The second kappa shape index (κ2) is 12.2. The molecule has 0 spiro atoms. The molecule has 0 amide bonds. The molecule has 0 aliphatic rings. The third kappa shape index (κ3) is 7.55. The number of hydrogen-bond donors (Lipinski definition) is 1. The van der Waals surface area contributed by atoms with Gasteiger partial charge in [0.05, 0.1) is 0 Å². The van der Waals surface area contributed by atoms with Crippen molar-refractivity contribution >= 4 is 93.0 Å². The molecule has 0 radical (unpaired) electrons. The molecule has 1 N–H and O–H groups in total. The van der Waals surface area contributed by atoms with E-state index < -0.39 is 6.26 Å². The number of hydrogen-bond acceptors (Lipinski definition) is 3. The standard InChI is InChI=1S/C12H11OPS.P2S5/c13-14(15,11-7-3-1-4-8-11)12-9-5-2-6-10-12;3-1-2-5-7-6-4/h1-10H,(H,13,15);. The summed E-state index contributed by atoms with van der Waals surface area (Å²) in [7, 11) is 6.83. The third-order valence-electron chi connectivity index (χ3n) is 2.34. The maximum Gasteiger partial charge on any atom is 0.120 e. The molecule has 0 heterocycles. The fraction of sp³-hybridized carbons (Fsp3) is 0. The lowest BCUT2D eigenvalue weighted by atomic mass is 10.4. The van der Waals surface area contributed by atoms with Crippen LogP contribution >= 0.6 is 20.4 Å². The van der Waals surface area contributed by atoms with Gasteiger partial charge in [0.25, 0.3) is 0 Å². The summed E-state index contributed by atoms with van der Waals surface area (Å²) in [5.41, 5.74) is 0. The van der Waals surface area contributed by atoms with Crippen LogP contribution in [0.25, 0.3) is 0 Å². The van der Waals surface area contributed by atoms with Crippen molar-refractivity contribution in [2.24, 2.45) is 0 Å². The molecular weight excluding hydrogens is 445 g/mol. The van der Waals surface area contributed by atoms with Gasteiger partial charge in [0.15, 0.2) is 0 Å². The summed E-state index contributed by atoms with van der Waals surface area (Å²) in [4.78, 5) is 10.4. The highest BCUT2D eigenvalue weighted by atomic mass is 33.3.